The molecule has 0 unspecified atom stereocenters. The van der Waals surface area contributed by atoms with E-state index in [-0.39, 0.29) is 29.6 Å². The lowest BCUT2D eigenvalue weighted by Gasteiger charge is -2.15. The minimum absolute atomic E-state index is 0. The molecule has 4 heterocycles. The van der Waals surface area contributed by atoms with Gasteiger partial charge in [-0.05, 0) is 65.2 Å². The second kappa shape index (κ2) is 9.84. The van der Waals surface area contributed by atoms with Crippen LogP contribution in [-0.2, 0) is 6.42 Å². The van der Waals surface area contributed by atoms with Crippen LogP contribution in [0.15, 0.2) is 65.8 Å². The molecule has 0 bridgehead atoms. The molecule has 1 aliphatic heterocycles. The van der Waals surface area contributed by atoms with Gasteiger partial charge in [-0.25, -0.2) is 14.2 Å². The minimum Gasteiger partial charge on any atom is -0.478 e. The number of aromatic carboxylic acids is 1. The molecule has 0 radical (unpaired) electrons. The molecule has 192 valence electrons. The molecule has 2 aromatic carbocycles. The van der Waals surface area contributed by atoms with E-state index in [0.29, 0.717) is 46.2 Å². The number of fused-ring (bicyclic) bond motifs is 1. The first-order valence-corrected chi connectivity index (χ1v) is 11.6. The summed E-state index contributed by atoms with van der Waals surface area (Å²) < 4.78 is 17.9. The number of pyridine rings is 1. The quantitative estimate of drug-likeness (QED) is 0.331. The van der Waals surface area contributed by atoms with Gasteiger partial charge in [0, 0.05) is 27.9 Å². The average molecular weight is 554 g/mol. The first-order valence-electron chi connectivity index (χ1n) is 11.3. The largest absolute Gasteiger partial charge is 0.478 e. The first kappa shape index (κ1) is 25.3. The van der Waals surface area contributed by atoms with Crippen LogP contribution in [-0.4, -0.2) is 45.8 Å². The SMILES string of the molecule is Cl.O=C(O)c1cccc(-c2cnc([C@@H]3CCc4cc(-c5cc(Cl)ccc5-n5cnnn5)cc(=O)n43)[nH]2)c1F. The maximum Gasteiger partial charge on any atom is 0.338 e. The Morgan fingerprint density at radius 2 is 2.00 bits per heavy atom. The number of aromatic nitrogens is 7. The number of benzene rings is 2. The van der Waals surface area contributed by atoms with Crippen LogP contribution in [0.1, 0.15) is 34.3 Å². The van der Waals surface area contributed by atoms with Crippen molar-refractivity contribution in [3.63, 3.8) is 0 Å². The van der Waals surface area contributed by atoms with E-state index in [2.05, 4.69) is 25.5 Å². The van der Waals surface area contributed by atoms with Crippen LogP contribution in [0, 0.1) is 5.82 Å². The van der Waals surface area contributed by atoms with Gasteiger partial charge in [-0.2, -0.15) is 4.68 Å². The predicted molar refractivity (Wildman–Crippen MR) is 139 cm³/mol. The lowest BCUT2D eigenvalue weighted by atomic mass is 10.0. The molecule has 13 heteroatoms. The molecular formula is C25H18Cl2FN7O3. The number of H-pyrrole nitrogens is 1. The zero-order valence-electron chi connectivity index (χ0n) is 19.4. The second-order valence-corrected chi connectivity index (χ2v) is 9.00. The van der Waals surface area contributed by atoms with E-state index in [1.807, 2.05) is 6.07 Å². The highest BCUT2D eigenvalue weighted by Gasteiger charge is 2.28. The summed E-state index contributed by atoms with van der Waals surface area (Å²) in [6.07, 6.45) is 4.14. The fraction of sp³-hybridized carbons (Fsp3) is 0.120. The summed E-state index contributed by atoms with van der Waals surface area (Å²) in [4.78, 5) is 32.1. The van der Waals surface area contributed by atoms with E-state index < -0.39 is 17.3 Å². The lowest BCUT2D eigenvalue weighted by molar-refractivity contribution is 0.0692. The minimum atomic E-state index is -1.35. The molecule has 3 aromatic heterocycles. The summed E-state index contributed by atoms with van der Waals surface area (Å²) in [6, 6.07) is 12.5. The highest BCUT2D eigenvalue weighted by atomic mass is 35.5. The maximum absolute atomic E-state index is 14.8. The van der Waals surface area contributed by atoms with Crippen LogP contribution in [0.25, 0.3) is 28.1 Å². The standard InChI is InChI=1S/C25H17ClFN7O3.ClH/c26-14-4-6-20(33-12-29-31-32-33)18(10-14)13-8-15-5-7-21(34(15)22(35)9-13)24-28-11-19(30-24)16-2-1-3-17(23(16)27)25(36)37;/h1-4,6,8-12,21H,5,7H2,(H,28,30)(H,36,37);1H/t21-;/m0./s1. The van der Waals surface area contributed by atoms with Crippen LogP contribution in [0.5, 0.6) is 0 Å². The van der Waals surface area contributed by atoms with Gasteiger partial charge in [0.15, 0.2) is 0 Å². The molecule has 1 atom stereocenters. The number of hydrogen-bond acceptors (Lipinski definition) is 6. The van der Waals surface area contributed by atoms with E-state index in [4.69, 9.17) is 11.6 Å². The van der Waals surface area contributed by atoms with Crippen molar-refractivity contribution in [2.45, 2.75) is 18.9 Å². The Labute approximate surface area is 225 Å². The van der Waals surface area contributed by atoms with Gasteiger partial charge in [-0.3, -0.25) is 4.79 Å². The first-order chi connectivity index (χ1) is 17.9. The van der Waals surface area contributed by atoms with Gasteiger partial charge in [-0.1, -0.05) is 17.7 Å². The van der Waals surface area contributed by atoms with Gasteiger partial charge >= 0.3 is 5.97 Å². The molecule has 0 saturated heterocycles. The fourth-order valence-corrected chi connectivity index (χ4v) is 4.94. The highest BCUT2D eigenvalue weighted by molar-refractivity contribution is 6.31. The number of aromatic amines is 1. The number of carboxylic acids is 1. The van der Waals surface area contributed by atoms with Gasteiger partial charge in [0.25, 0.3) is 5.56 Å². The van der Waals surface area contributed by atoms with E-state index >= 15 is 0 Å². The van der Waals surface area contributed by atoms with E-state index in [0.717, 1.165) is 5.69 Å². The van der Waals surface area contributed by atoms with Gasteiger partial charge in [-0.15, -0.1) is 17.5 Å². The molecule has 0 saturated carbocycles. The summed E-state index contributed by atoms with van der Waals surface area (Å²) in [6.45, 7) is 0. The Kier molecular flexibility index (Phi) is 6.55. The summed E-state index contributed by atoms with van der Waals surface area (Å²) in [7, 11) is 0. The van der Waals surface area contributed by atoms with Crippen LogP contribution in [0.4, 0.5) is 4.39 Å². The number of hydrogen-bond donors (Lipinski definition) is 2. The Morgan fingerprint density at radius 3 is 2.76 bits per heavy atom. The van der Waals surface area contributed by atoms with Crippen molar-refractivity contribution < 1.29 is 14.3 Å². The van der Waals surface area contributed by atoms with Gasteiger partial charge in [0.05, 0.1) is 29.2 Å². The summed E-state index contributed by atoms with van der Waals surface area (Å²) >= 11 is 6.26. The Hall–Kier alpha value is -4.35. The molecule has 1 aliphatic rings. The van der Waals surface area contributed by atoms with Gasteiger partial charge in [0.1, 0.15) is 18.0 Å². The zero-order chi connectivity index (χ0) is 25.7. The summed E-state index contributed by atoms with van der Waals surface area (Å²) in [5.41, 5.74) is 2.65. The number of aryl methyl sites for hydroxylation is 1. The molecule has 0 fully saturated rings. The number of nitrogens with one attached hydrogen (secondary N) is 1. The molecule has 0 spiro atoms. The number of imidazole rings is 1. The number of tetrazole rings is 1. The van der Waals surface area contributed by atoms with Gasteiger partial charge < -0.3 is 14.7 Å². The third-order valence-corrected chi connectivity index (χ3v) is 6.66. The molecule has 0 aliphatic carbocycles. The van der Waals surface area contributed by atoms with Crippen molar-refractivity contribution in [1.29, 1.82) is 0 Å². The molecule has 38 heavy (non-hydrogen) atoms. The lowest BCUT2D eigenvalue weighted by Crippen LogP contribution is -2.23. The molecule has 0 amide bonds. The second-order valence-electron chi connectivity index (χ2n) is 8.57. The topological polar surface area (TPSA) is 132 Å². The number of halogens is 3. The molecule has 10 nitrogen and oxygen atoms in total. The molecule has 2 N–H and O–H groups in total. The average Bonchev–Trinajstić information content (AvgIpc) is 3.64. The Balaban J connectivity index is 0.00000294. The monoisotopic (exact) mass is 553 g/mol. The Bertz CT molecular complexity index is 1730. The molecule has 6 rings (SSSR count). The van der Waals surface area contributed by atoms with Crippen LogP contribution < -0.4 is 5.56 Å². The van der Waals surface area contributed by atoms with E-state index in [9.17, 15) is 19.1 Å². The summed E-state index contributed by atoms with van der Waals surface area (Å²) in [5.74, 6) is -1.71. The van der Waals surface area contributed by atoms with Crippen molar-refractivity contribution in [2.24, 2.45) is 0 Å². The van der Waals surface area contributed by atoms with Crippen molar-refractivity contribution >= 4 is 30.0 Å². The van der Waals surface area contributed by atoms with E-state index in [1.165, 1.54) is 41.5 Å². The molecule has 5 aromatic rings. The van der Waals surface area contributed by atoms with Crippen molar-refractivity contribution in [3.05, 3.63) is 99.3 Å². The molecular weight excluding hydrogens is 536 g/mol. The highest BCUT2D eigenvalue weighted by Crippen LogP contribution is 2.34. The summed E-state index contributed by atoms with van der Waals surface area (Å²) in [5, 5.41) is 21.1. The predicted octanol–water partition coefficient (Wildman–Crippen LogP) is 4.33. The zero-order valence-corrected chi connectivity index (χ0v) is 20.9. The van der Waals surface area contributed by atoms with Crippen molar-refractivity contribution in [3.8, 4) is 28.1 Å². The fourth-order valence-electron chi connectivity index (χ4n) is 4.77. The third-order valence-electron chi connectivity index (χ3n) is 6.43. The van der Waals surface area contributed by atoms with Gasteiger partial charge in [0.2, 0.25) is 0 Å². The third kappa shape index (κ3) is 4.25. The number of rotatable bonds is 5. The number of carbonyl (C=O) groups is 1. The smallest absolute Gasteiger partial charge is 0.338 e. The maximum atomic E-state index is 14.8. The normalized spacial score (nSPS) is 14.2. The van der Waals surface area contributed by atoms with Crippen molar-refractivity contribution in [2.75, 3.05) is 0 Å². The van der Waals surface area contributed by atoms with E-state index in [1.54, 1.807) is 22.8 Å². The number of nitrogens with zero attached hydrogens (tertiary/aromatic N) is 6. The van der Waals surface area contributed by atoms with Crippen LogP contribution in [0.3, 0.4) is 0 Å². The Morgan fingerprint density at radius 1 is 1.16 bits per heavy atom. The van der Waals surface area contributed by atoms with Crippen molar-refractivity contribution in [1.82, 2.24) is 34.7 Å². The number of carboxylic acid groups (broad SMARTS) is 1. The van der Waals surface area contributed by atoms with Crippen LogP contribution >= 0.6 is 24.0 Å². The van der Waals surface area contributed by atoms with Crippen LogP contribution in [0.2, 0.25) is 5.02 Å².